The van der Waals surface area contributed by atoms with Crippen molar-refractivity contribution in [3.05, 3.63) is 34.3 Å². The van der Waals surface area contributed by atoms with Gasteiger partial charge < -0.3 is 20.5 Å². The number of carbonyl (C=O) groups is 1. The fraction of sp³-hybridized carbons (Fsp3) is 0.333. The highest BCUT2D eigenvalue weighted by Gasteiger charge is 2.24. The first-order valence-electron chi connectivity index (χ1n) is 7.13. The van der Waals surface area contributed by atoms with Crippen molar-refractivity contribution in [2.45, 2.75) is 25.3 Å². The number of nitrogens with zero attached hydrogens (tertiary/aromatic N) is 1. The maximum atomic E-state index is 12.4. The molecule has 114 valence electrons. The number of amides is 1. The van der Waals surface area contributed by atoms with E-state index in [-0.39, 0.29) is 18.7 Å². The third-order valence-corrected chi connectivity index (χ3v) is 4.88. The van der Waals surface area contributed by atoms with Crippen molar-refractivity contribution in [1.82, 2.24) is 10.3 Å². The summed E-state index contributed by atoms with van der Waals surface area (Å²) in [5.74, 6) is 1.21. The van der Waals surface area contributed by atoms with Gasteiger partial charge in [-0.1, -0.05) is 0 Å². The second kappa shape index (κ2) is 5.17. The number of aromatic nitrogens is 1. The van der Waals surface area contributed by atoms with E-state index in [1.165, 1.54) is 16.2 Å². The third kappa shape index (κ3) is 2.37. The van der Waals surface area contributed by atoms with Crippen molar-refractivity contribution in [3.63, 3.8) is 0 Å². The standard InChI is InChI=1S/C15H15N3O3S/c16-15-18-10-3-2-9(6-13(10)22-15)17-14(19)8-1-4-11-12(5-8)21-7-20-11/h1,4-5,9H,2-3,6-7H2,(H2,16,18)(H,17,19). The number of carbonyl (C=O) groups excluding carboxylic acids is 1. The van der Waals surface area contributed by atoms with Gasteiger partial charge in [-0.25, -0.2) is 4.98 Å². The summed E-state index contributed by atoms with van der Waals surface area (Å²) in [5.41, 5.74) is 7.40. The summed E-state index contributed by atoms with van der Waals surface area (Å²) < 4.78 is 10.6. The number of rotatable bonds is 2. The van der Waals surface area contributed by atoms with Crippen LogP contribution in [0.3, 0.4) is 0 Å². The molecule has 1 aliphatic carbocycles. The summed E-state index contributed by atoms with van der Waals surface area (Å²) >= 11 is 1.51. The van der Waals surface area contributed by atoms with Crippen molar-refractivity contribution in [2.75, 3.05) is 12.5 Å². The molecule has 3 N–H and O–H groups in total. The van der Waals surface area contributed by atoms with Gasteiger partial charge in [-0.05, 0) is 31.0 Å². The van der Waals surface area contributed by atoms with Crippen LogP contribution in [0.4, 0.5) is 5.13 Å². The molecule has 1 amide bonds. The maximum absolute atomic E-state index is 12.4. The third-order valence-electron chi connectivity index (χ3n) is 3.93. The number of hydrogen-bond acceptors (Lipinski definition) is 6. The molecule has 0 saturated heterocycles. The van der Waals surface area contributed by atoms with Gasteiger partial charge in [0.1, 0.15) is 0 Å². The molecule has 1 atom stereocenters. The van der Waals surface area contributed by atoms with Gasteiger partial charge in [0.15, 0.2) is 16.6 Å². The predicted molar refractivity (Wildman–Crippen MR) is 82.4 cm³/mol. The van der Waals surface area contributed by atoms with E-state index in [0.717, 1.165) is 25.0 Å². The van der Waals surface area contributed by atoms with Crippen LogP contribution in [0.15, 0.2) is 18.2 Å². The first-order valence-corrected chi connectivity index (χ1v) is 7.95. The van der Waals surface area contributed by atoms with E-state index in [2.05, 4.69) is 10.3 Å². The summed E-state index contributed by atoms with van der Waals surface area (Å²) in [6, 6.07) is 5.35. The average Bonchev–Trinajstić information content (AvgIpc) is 3.10. The molecule has 0 saturated carbocycles. The Balaban J connectivity index is 1.46. The zero-order chi connectivity index (χ0) is 15.1. The molecule has 2 aromatic rings. The van der Waals surface area contributed by atoms with Crippen molar-refractivity contribution >= 4 is 22.4 Å². The Kier molecular flexibility index (Phi) is 3.15. The molecule has 0 radical (unpaired) electrons. The highest BCUT2D eigenvalue weighted by molar-refractivity contribution is 7.15. The first-order chi connectivity index (χ1) is 10.7. The van der Waals surface area contributed by atoms with Crippen molar-refractivity contribution < 1.29 is 14.3 Å². The van der Waals surface area contributed by atoms with Gasteiger partial charge in [0.05, 0.1) is 5.69 Å². The van der Waals surface area contributed by atoms with E-state index in [0.29, 0.717) is 22.2 Å². The summed E-state index contributed by atoms with van der Waals surface area (Å²) in [6.45, 7) is 0.207. The number of hydrogen-bond donors (Lipinski definition) is 2. The van der Waals surface area contributed by atoms with Crippen molar-refractivity contribution in [2.24, 2.45) is 0 Å². The SMILES string of the molecule is Nc1nc2c(s1)CC(NC(=O)c1ccc3c(c1)OCO3)CC2. The largest absolute Gasteiger partial charge is 0.454 e. The fourth-order valence-corrected chi connectivity index (χ4v) is 3.78. The van der Waals surface area contributed by atoms with E-state index in [1.807, 2.05) is 0 Å². The van der Waals surface area contributed by atoms with Gasteiger partial charge in [0.2, 0.25) is 6.79 Å². The topological polar surface area (TPSA) is 86.5 Å². The zero-order valence-electron chi connectivity index (χ0n) is 11.8. The van der Waals surface area contributed by atoms with Crippen LogP contribution in [0, 0.1) is 0 Å². The van der Waals surface area contributed by atoms with Crippen LogP contribution >= 0.6 is 11.3 Å². The molecule has 22 heavy (non-hydrogen) atoms. The van der Waals surface area contributed by atoms with Crippen molar-refractivity contribution in [1.29, 1.82) is 0 Å². The quantitative estimate of drug-likeness (QED) is 0.881. The Bertz CT molecular complexity index is 744. The molecule has 1 aromatic carbocycles. The molecule has 4 rings (SSSR count). The van der Waals surface area contributed by atoms with Crippen LogP contribution in [0.2, 0.25) is 0 Å². The molecule has 1 aromatic heterocycles. The van der Waals surface area contributed by atoms with Crippen molar-refractivity contribution in [3.8, 4) is 11.5 Å². The number of nitrogens with one attached hydrogen (secondary N) is 1. The molecule has 7 heteroatoms. The Morgan fingerprint density at radius 2 is 2.23 bits per heavy atom. The Morgan fingerprint density at radius 3 is 3.14 bits per heavy atom. The van der Waals surface area contributed by atoms with Crippen LogP contribution < -0.4 is 20.5 Å². The number of anilines is 1. The number of nitrogens with two attached hydrogens (primary N) is 1. The summed E-state index contributed by atoms with van der Waals surface area (Å²) in [5, 5.41) is 3.68. The van der Waals surface area contributed by atoms with E-state index >= 15 is 0 Å². The number of benzene rings is 1. The molecule has 1 unspecified atom stereocenters. The average molecular weight is 317 g/mol. The number of thiazole rings is 1. The Hall–Kier alpha value is -2.28. The normalized spacial score (nSPS) is 18.8. The lowest BCUT2D eigenvalue weighted by molar-refractivity contribution is 0.0933. The monoisotopic (exact) mass is 317 g/mol. The number of ether oxygens (including phenoxy) is 2. The lowest BCUT2D eigenvalue weighted by Crippen LogP contribution is -2.38. The smallest absolute Gasteiger partial charge is 0.251 e. The van der Waals surface area contributed by atoms with Crippen LogP contribution in [-0.2, 0) is 12.8 Å². The highest BCUT2D eigenvalue weighted by Crippen LogP contribution is 2.33. The van der Waals surface area contributed by atoms with Crippen LogP contribution in [0.1, 0.15) is 27.3 Å². The zero-order valence-corrected chi connectivity index (χ0v) is 12.6. The fourth-order valence-electron chi connectivity index (χ4n) is 2.82. The number of fused-ring (bicyclic) bond motifs is 2. The molecule has 2 aliphatic rings. The molecule has 2 heterocycles. The minimum Gasteiger partial charge on any atom is -0.454 e. The molecule has 0 bridgehead atoms. The first kappa shape index (κ1) is 13.4. The summed E-state index contributed by atoms with van der Waals surface area (Å²) in [4.78, 5) is 17.9. The lowest BCUT2D eigenvalue weighted by Gasteiger charge is -2.22. The molecule has 0 spiro atoms. The Labute approximate surface area is 131 Å². The van der Waals surface area contributed by atoms with E-state index in [1.54, 1.807) is 18.2 Å². The van der Waals surface area contributed by atoms with Gasteiger partial charge in [-0.2, -0.15) is 0 Å². The predicted octanol–water partition coefficient (Wildman–Crippen LogP) is 1.74. The minimum absolute atomic E-state index is 0.0933. The second-order valence-electron chi connectivity index (χ2n) is 5.40. The van der Waals surface area contributed by atoms with Crippen LogP contribution in [0.5, 0.6) is 11.5 Å². The van der Waals surface area contributed by atoms with E-state index in [4.69, 9.17) is 15.2 Å². The summed E-state index contributed by atoms with van der Waals surface area (Å²) in [7, 11) is 0. The van der Waals surface area contributed by atoms with Crippen LogP contribution in [-0.4, -0.2) is 23.7 Å². The minimum atomic E-state index is -0.0933. The number of nitrogen functional groups attached to an aromatic ring is 1. The molecular formula is C15H15N3O3S. The van der Waals surface area contributed by atoms with Gasteiger partial charge in [-0.15, -0.1) is 11.3 Å². The van der Waals surface area contributed by atoms with Gasteiger partial charge in [-0.3, -0.25) is 4.79 Å². The molecule has 1 aliphatic heterocycles. The highest BCUT2D eigenvalue weighted by atomic mass is 32.1. The van der Waals surface area contributed by atoms with E-state index < -0.39 is 0 Å². The maximum Gasteiger partial charge on any atom is 0.251 e. The van der Waals surface area contributed by atoms with Gasteiger partial charge >= 0.3 is 0 Å². The molecular weight excluding hydrogens is 302 g/mol. The second-order valence-corrected chi connectivity index (χ2v) is 6.52. The summed E-state index contributed by atoms with van der Waals surface area (Å²) in [6.07, 6.45) is 2.53. The van der Waals surface area contributed by atoms with Gasteiger partial charge in [0.25, 0.3) is 5.91 Å². The van der Waals surface area contributed by atoms with E-state index in [9.17, 15) is 4.79 Å². The lowest BCUT2D eigenvalue weighted by atomic mass is 9.97. The number of aryl methyl sites for hydroxylation is 1. The molecule has 0 fully saturated rings. The Morgan fingerprint density at radius 1 is 1.36 bits per heavy atom. The van der Waals surface area contributed by atoms with Gasteiger partial charge in [0, 0.05) is 22.9 Å². The molecule has 6 nitrogen and oxygen atoms in total. The van der Waals surface area contributed by atoms with Crippen LogP contribution in [0.25, 0.3) is 0 Å².